The summed E-state index contributed by atoms with van der Waals surface area (Å²) in [7, 11) is -6.93. The molecule has 4 saturated carbocycles. The van der Waals surface area contributed by atoms with Gasteiger partial charge in [-0.3, -0.25) is 0 Å². The Bertz CT molecular complexity index is 2040. The van der Waals surface area contributed by atoms with Gasteiger partial charge >= 0.3 is 18.9 Å². The van der Waals surface area contributed by atoms with Gasteiger partial charge in [0.2, 0.25) is 20.0 Å². The number of hydrogen-bond acceptors (Lipinski definition) is 8. The van der Waals surface area contributed by atoms with E-state index in [1.54, 1.807) is 20.4 Å². The zero-order valence-corrected chi connectivity index (χ0v) is 43.0. The maximum atomic E-state index is 13.8. The van der Waals surface area contributed by atoms with Gasteiger partial charge in [0.15, 0.2) is 17.4 Å². The Labute approximate surface area is 410 Å². The van der Waals surface area contributed by atoms with Gasteiger partial charge in [-0.2, -0.15) is 13.9 Å². The topological polar surface area (TPSA) is 125 Å². The van der Waals surface area contributed by atoms with Crippen LogP contribution in [0.25, 0.3) is 0 Å². The van der Waals surface area contributed by atoms with Crippen LogP contribution in [-0.4, -0.2) is 94.5 Å². The van der Waals surface area contributed by atoms with Gasteiger partial charge in [0.05, 0.1) is 17.6 Å². The predicted octanol–water partition coefficient (Wildman–Crippen LogP) is 6.28. The second-order valence-corrected chi connectivity index (χ2v) is 27.1. The van der Waals surface area contributed by atoms with Crippen molar-refractivity contribution in [1.29, 1.82) is 5.26 Å². The van der Waals surface area contributed by atoms with Gasteiger partial charge in [-0.1, -0.05) is 88.4 Å². The number of thioether (sulfide) groups is 2. The number of rotatable bonds is 17. The summed E-state index contributed by atoms with van der Waals surface area (Å²) in [6, 6.07) is 23.1. The Kier molecular flexibility index (Phi) is 18.8. The molecule has 0 radical (unpaired) electrons. The van der Waals surface area contributed by atoms with Crippen LogP contribution >= 0.6 is 23.5 Å². The number of nitrogens with two attached hydrogens (primary N) is 1. The van der Waals surface area contributed by atoms with E-state index >= 15 is 0 Å². The van der Waals surface area contributed by atoms with Crippen LogP contribution in [0, 0.1) is 44.8 Å². The van der Waals surface area contributed by atoms with Crippen molar-refractivity contribution in [3.63, 3.8) is 0 Å². The summed E-state index contributed by atoms with van der Waals surface area (Å²) in [5, 5.41) is 10.5. The summed E-state index contributed by atoms with van der Waals surface area (Å²) in [6.45, 7) is 25.2. The molecule has 2 N–H and O–H groups in total. The summed E-state index contributed by atoms with van der Waals surface area (Å²) in [5.41, 5.74) is 7.90. The summed E-state index contributed by atoms with van der Waals surface area (Å²) >= 11 is 3.58. The zero-order chi connectivity index (χ0) is 44.7. The molecule has 0 amide bonds. The van der Waals surface area contributed by atoms with Gasteiger partial charge in [0.1, 0.15) is 4.75 Å². The Hall–Kier alpha value is -0.460. The Morgan fingerprint density at radius 1 is 0.677 bits per heavy atom. The van der Waals surface area contributed by atoms with Gasteiger partial charge in [-0.05, 0) is 128 Å². The molecule has 14 heteroatoms. The molecule has 4 aliphatic rings. The van der Waals surface area contributed by atoms with E-state index in [4.69, 9.17) is 5.73 Å². The number of benzene rings is 2. The average Bonchev–Trinajstić information content (AvgIpc) is 3.68. The van der Waals surface area contributed by atoms with Crippen molar-refractivity contribution >= 4 is 60.9 Å². The van der Waals surface area contributed by atoms with E-state index in [0.717, 1.165) is 50.0 Å². The van der Waals surface area contributed by atoms with E-state index in [-0.39, 0.29) is 94.3 Å². The van der Waals surface area contributed by atoms with Crippen molar-refractivity contribution in [1.82, 2.24) is 8.61 Å². The van der Waals surface area contributed by atoms with E-state index in [9.17, 15) is 22.1 Å². The van der Waals surface area contributed by atoms with Crippen LogP contribution < -0.4 is 24.6 Å². The second-order valence-electron chi connectivity index (χ2n) is 20.7. The van der Waals surface area contributed by atoms with Crippen LogP contribution in [0.5, 0.6) is 0 Å². The smallest absolute Gasteiger partial charge is 1.00 e. The van der Waals surface area contributed by atoms with Crippen LogP contribution in [0.4, 0.5) is 0 Å². The van der Waals surface area contributed by atoms with Crippen molar-refractivity contribution < 1.29 is 37.1 Å². The number of fused-ring (bicyclic) bond motifs is 4. The summed E-state index contributed by atoms with van der Waals surface area (Å²) in [4.78, 5) is 0. The molecule has 344 valence electrons. The van der Waals surface area contributed by atoms with Crippen molar-refractivity contribution in [3.8, 4) is 6.07 Å². The van der Waals surface area contributed by atoms with Crippen LogP contribution in [0.15, 0.2) is 60.7 Å². The van der Waals surface area contributed by atoms with Gasteiger partial charge in [0.25, 0.3) is 0 Å². The van der Waals surface area contributed by atoms with Crippen molar-refractivity contribution in [3.05, 3.63) is 71.8 Å². The van der Waals surface area contributed by atoms with E-state index < -0.39 is 30.2 Å². The molecule has 0 heterocycles. The molecule has 0 saturated heterocycles. The third-order valence-corrected chi connectivity index (χ3v) is 23.9. The number of sulfonamides is 2. The first-order chi connectivity index (χ1) is 27.8. The fraction of sp³-hybridized carbons (Fsp3) is 0.729. The zero-order valence-electron chi connectivity index (χ0n) is 40.7. The summed E-state index contributed by atoms with van der Waals surface area (Å²) in [6.07, 6.45) is 5.69. The molecular weight excluding hydrogens is 859 g/mol. The molecule has 62 heavy (non-hydrogen) atoms. The third kappa shape index (κ3) is 9.90. The normalized spacial score (nSPS) is 29.5. The summed E-state index contributed by atoms with van der Waals surface area (Å²) in [5.74, 6) is 2.81. The molecule has 4 aliphatic carbocycles. The molecule has 6 unspecified atom stereocenters. The first kappa shape index (κ1) is 55.9. The quantitative estimate of drug-likeness (QED) is 0.184. The van der Waals surface area contributed by atoms with E-state index in [2.05, 4.69) is 70.2 Å². The molecule has 0 aromatic heterocycles. The largest absolute Gasteiger partial charge is 1.00 e. The SMILES string of the molecule is CC(C)N(C(C)C)S(=O)(=O)CC12CCC(CC1(C#N)SCc1ccccc1)C2(C)C.CC(C)N(C(C)C)S(=O)(=O)CC12CCC(CC1(CN)SCc1ccccc1)C2(C)C.[AlH3].[H-].[Li+]. The number of nitrogens with zero attached hydrogens (tertiary/aromatic N) is 3. The van der Waals surface area contributed by atoms with Gasteiger partial charge in [0, 0.05) is 57.8 Å². The molecule has 4 fully saturated rings. The minimum absolute atomic E-state index is 0. The third-order valence-electron chi connectivity index (χ3n) is 15.8. The minimum atomic E-state index is -3.51. The molecule has 6 atom stereocenters. The van der Waals surface area contributed by atoms with Gasteiger partial charge < -0.3 is 7.16 Å². The Morgan fingerprint density at radius 3 is 1.42 bits per heavy atom. The second kappa shape index (κ2) is 20.8. The summed E-state index contributed by atoms with van der Waals surface area (Å²) < 4.78 is 57.5. The van der Waals surface area contributed by atoms with E-state index in [1.165, 1.54) is 11.1 Å². The minimum Gasteiger partial charge on any atom is -1.00 e. The fourth-order valence-electron chi connectivity index (χ4n) is 12.9. The average molecular weight is 939 g/mol. The predicted molar refractivity (Wildman–Crippen MR) is 266 cm³/mol. The van der Waals surface area contributed by atoms with Gasteiger partial charge in [-0.15, -0.1) is 23.5 Å². The fourth-order valence-corrected chi connectivity index (χ4v) is 22.2. The molecule has 4 bridgehead atoms. The van der Waals surface area contributed by atoms with Crippen LogP contribution in [0.2, 0.25) is 0 Å². The standard InChI is InChI=1S/C24H40N2O2S2.C24H36N2O2S2.Al.Li.4H/c2*1-18(2)26(19(3)4)30(27,28)17-23-13-12-21(22(23,5)6)14-24(23,16-25)29-15-20-10-8-7-9-11-20;;;;;;/h7-11,18-19,21H,12-17,25H2,1-6H3;7-11,18-19,21H,12-15,17H2,1-6H3;;;;;;/q;;;+1;;;;-1. The van der Waals surface area contributed by atoms with Crippen LogP contribution in [-0.2, 0) is 31.6 Å². The van der Waals surface area contributed by atoms with Crippen LogP contribution in [0.3, 0.4) is 0 Å². The Balaban J connectivity index is 0.000000414. The van der Waals surface area contributed by atoms with Crippen LogP contribution in [0.1, 0.15) is 134 Å². The van der Waals surface area contributed by atoms with E-state index in [0.29, 0.717) is 18.4 Å². The molecule has 0 aliphatic heterocycles. The maximum absolute atomic E-state index is 13.8. The monoisotopic (exact) mass is 939 g/mol. The molecule has 0 spiro atoms. The number of hydrogen-bond donors (Lipinski definition) is 1. The molecule has 2 aromatic carbocycles. The van der Waals surface area contributed by atoms with Gasteiger partial charge in [-0.25, -0.2) is 16.8 Å². The van der Waals surface area contributed by atoms with Crippen molar-refractivity contribution in [2.24, 2.45) is 39.2 Å². The van der Waals surface area contributed by atoms with Crippen molar-refractivity contribution in [2.75, 3.05) is 18.1 Å². The molecule has 2 aromatic rings. The first-order valence-electron chi connectivity index (χ1n) is 22.3. The van der Waals surface area contributed by atoms with Crippen molar-refractivity contribution in [2.45, 2.75) is 167 Å². The molecule has 6 rings (SSSR count). The first-order valence-corrected chi connectivity index (χ1v) is 27.5. The Morgan fingerprint density at radius 2 is 1.05 bits per heavy atom. The molecular formula is C48H80AlLiN4O4S4. The molecule has 8 nitrogen and oxygen atoms in total. The van der Waals surface area contributed by atoms with E-state index in [1.807, 2.05) is 91.4 Å². The number of nitriles is 1. The maximum Gasteiger partial charge on any atom is 1.00 e.